The fourth-order valence-corrected chi connectivity index (χ4v) is 3.67. The van der Waals surface area contributed by atoms with Crippen molar-refractivity contribution in [1.82, 2.24) is 0 Å². The molecule has 188 valence electrons. The summed E-state index contributed by atoms with van der Waals surface area (Å²) in [7, 11) is 0. The number of halogens is 4. The molecule has 3 aromatic carbocycles. The predicted molar refractivity (Wildman–Crippen MR) is 134 cm³/mol. The number of nitrogens with zero attached hydrogens (tertiary/aromatic N) is 2. The van der Waals surface area contributed by atoms with E-state index in [1.807, 2.05) is 0 Å². The molecule has 0 heterocycles. The van der Waals surface area contributed by atoms with Crippen LogP contribution in [0.3, 0.4) is 0 Å². The van der Waals surface area contributed by atoms with Crippen molar-refractivity contribution < 1.29 is 27.4 Å². The Kier molecular flexibility index (Phi) is 8.94. The Morgan fingerprint density at radius 3 is 2.46 bits per heavy atom. The zero-order chi connectivity index (χ0) is 27.0. The molecule has 0 aromatic heterocycles. The monoisotopic (exact) mass is 569 g/mol. The van der Waals surface area contributed by atoms with E-state index in [-0.39, 0.29) is 17.9 Å². The zero-order valence-electron chi connectivity index (χ0n) is 19.4. The second-order valence-corrected chi connectivity index (χ2v) is 8.37. The lowest BCUT2D eigenvalue weighted by atomic mass is 10.1. The van der Waals surface area contributed by atoms with Crippen LogP contribution in [0.1, 0.15) is 29.2 Å². The second kappa shape index (κ2) is 12.1. The van der Waals surface area contributed by atoms with E-state index in [1.165, 1.54) is 12.1 Å². The second-order valence-electron chi connectivity index (χ2n) is 7.51. The van der Waals surface area contributed by atoms with Crippen molar-refractivity contribution in [2.24, 2.45) is 0 Å². The number of anilines is 1. The van der Waals surface area contributed by atoms with Crippen molar-refractivity contribution in [3.8, 4) is 23.6 Å². The van der Waals surface area contributed by atoms with E-state index in [0.29, 0.717) is 39.3 Å². The van der Waals surface area contributed by atoms with Crippen LogP contribution >= 0.6 is 15.9 Å². The number of hydrogen-bond acceptors (Lipinski definition) is 5. The van der Waals surface area contributed by atoms with E-state index >= 15 is 0 Å². The number of nitriles is 2. The molecule has 10 heteroatoms. The highest BCUT2D eigenvalue weighted by molar-refractivity contribution is 9.10. The quantitative estimate of drug-likeness (QED) is 0.236. The Morgan fingerprint density at radius 1 is 1.05 bits per heavy atom. The fraction of sp³-hybridized carbons (Fsp3) is 0.148. The summed E-state index contributed by atoms with van der Waals surface area (Å²) < 4.78 is 50.9. The minimum Gasteiger partial charge on any atom is -0.490 e. The summed E-state index contributed by atoms with van der Waals surface area (Å²) in [6, 6.07) is 18.2. The average molecular weight is 570 g/mol. The van der Waals surface area contributed by atoms with Gasteiger partial charge >= 0.3 is 6.18 Å². The standard InChI is InChI=1S/C27H19BrF3N3O3/c1-2-36-24-11-19(23(28)13-25(24)37-16-18-7-4-3-6-17(18)14-32)10-20(15-33)26(35)34-22-9-5-8-21(12-22)27(29,30)31/h3-13H,2,16H2,1H3,(H,34,35)/b20-10-. The number of hydrogen-bond donors (Lipinski definition) is 1. The fourth-order valence-electron chi connectivity index (χ4n) is 3.23. The van der Waals surface area contributed by atoms with Crippen LogP contribution in [-0.4, -0.2) is 12.5 Å². The number of carbonyl (C=O) groups is 1. The SMILES string of the molecule is CCOc1cc(/C=C(/C#N)C(=O)Nc2cccc(C(F)(F)F)c2)c(Br)cc1OCc1ccccc1C#N. The largest absolute Gasteiger partial charge is 0.490 e. The molecule has 0 saturated carbocycles. The van der Waals surface area contributed by atoms with Crippen LogP contribution in [0.15, 0.2) is 70.7 Å². The Bertz CT molecular complexity index is 1420. The lowest BCUT2D eigenvalue weighted by Crippen LogP contribution is -2.14. The summed E-state index contributed by atoms with van der Waals surface area (Å²) in [4.78, 5) is 12.6. The summed E-state index contributed by atoms with van der Waals surface area (Å²) in [5.74, 6) is -0.173. The van der Waals surface area contributed by atoms with Gasteiger partial charge in [0.2, 0.25) is 0 Å². The van der Waals surface area contributed by atoms with Crippen LogP contribution in [0.5, 0.6) is 11.5 Å². The van der Waals surface area contributed by atoms with Gasteiger partial charge in [0.1, 0.15) is 18.2 Å². The van der Waals surface area contributed by atoms with Crippen molar-refractivity contribution in [3.63, 3.8) is 0 Å². The van der Waals surface area contributed by atoms with Gasteiger partial charge in [-0.3, -0.25) is 4.79 Å². The third-order valence-electron chi connectivity index (χ3n) is 5.00. The van der Waals surface area contributed by atoms with E-state index in [4.69, 9.17) is 9.47 Å². The summed E-state index contributed by atoms with van der Waals surface area (Å²) >= 11 is 3.39. The molecule has 0 aliphatic rings. The van der Waals surface area contributed by atoms with Gasteiger partial charge in [0, 0.05) is 15.7 Å². The van der Waals surface area contributed by atoms with Crippen molar-refractivity contribution in [2.75, 3.05) is 11.9 Å². The Morgan fingerprint density at radius 2 is 1.78 bits per heavy atom. The molecule has 0 atom stereocenters. The normalized spacial score (nSPS) is 11.3. The summed E-state index contributed by atoms with van der Waals surface area (Å²) in [5.41, 5.74) is 0.206. The van der Waals surface area contributed by atoms with Crippen molar-refractivity contribution in [1.29, 1.82) is 10.5 Å². The number of rotatable bonds is 8. The molecule has 1 N–H and O–H groups in total. The first kappa shape index (κ1) is 27.3. The third kappa shape index (κ3) is 7.12. The molecule has 0 bridgehead atoms. The predicted octanol–water partition coefficient (Wildman–Crippen LogP) is 6.86. The molecule has 6 nitrogen and oxygen atoms in total. The molecule has 0 fully saturated rings. The van der Waals surface area contributed by atoms with Crippen molar-refractivity contribution in [2.45, 2.75) is 19.7 Å². The van der Waals surface area contributed by atoms with Gasteiger partial charge in [0.25, 0.3) is 5.91 Å². The maximum atomic E-state index is 13.0. The molecule has 3 aromatic rings. The van der Waals surface area contributed by atoms with E-state index < -0.39 is 17.6 Å². The molecule has 0 aliphatic heterocycles. The topological polar surface area (TPSA) is 95.1 Å². The highest BCUT2D eigenvalue weighted by Gasteiger charge is 2.30. The van der Waals surface area contributed by atoms with E-state index in [9.17, 15) is 28.5 Å². The number of carbonyl (C=O) groups excluding carboxylic acids is 1. The highest BCUT2D eigenvalue weighted by atomic mass is 79.9. The first-order chi connectivity index (χ1) is 17.7. The van der Waals surface area contributed by atoms with E-state index in [1.54, 1.807) is 49.4 Å². The van der Waals surface area contributed by atoms with Crippen LogP contribution in [0, 0.1) is 22.7 Å². The van der Waals surface area contributed by atoms with Crippen LogP contribution in [0.25, 0.3) is 6.08 Å². The minimum atomic E-state index is -4.57. The number of amides is 1. The van der Waals surface area contributed by atoms with Gasteiger partial charge in [-0.25, -0.2) is 0 Å². The third-order valence-corrected chi connectivity index (χ3v) is 5.68. The average Bonchev–Trinajstić information content (AvgIpc) is 2.87. The molecule has 0 radical (unpaired) electrons. The van der Waals surface area contributed by atoms with E-state index in [2.05, 4.69) is 27.3 Å². The van der Waals surface area contributed by atoms with Gasteiger partial charge in [-0.05, 0) is 55.0 Å². The lowest BCUT2D eigenvalue weighted by Gasteiger charge is -2.15. The van der Waals surface area contributed by atoms with Crippen molar-refractivity contribution in [3.05, 3.63) is 93.0 Å². The van der Waals surface area contributed by atoms with Crippen LogP contribution in [-0.2, 0) is 17.6 Å². The Labute approximate surface area is 219 Å². The number of ether oxygens (including phenoxy) is 2. The van der Waals surface area contributed by atoms with Gasteiger partial charge in [-0.2, -0.15) is 23.7 Å². The summed E-state index contributed by atoms with van der Waals surface area (Å²) in [5, 5.41) is 21.1. The van der Waals surface area contributed by atoms with Crippen molar-refractivity contribution >= 4 is 33.6 Å². The molecule has 0 spiro atoms. The van der Waals surface area contributed by atoms with Gasteiger partial charge in [0.05, 0.1) is 23.8 Å². The first-order valence-electron chi connectivity index (χ1n) is 10.8. The van der Waals surface area contributed by atoms with Gasteiger partial charge in [0.15, 0.2) is 11.5 Å². The lowest BCUT2D eigenvalue weighted by molar-refractivity contribution is -0.137. The summed E-state index contributed by atoms with van der Waals surface area (Å²) in [6.07, 6.45) is -3.29. The molecule has 0 saturated heterocycles. The van der Waals surface area contributed by atoms with Gasteiger partial charge in [-0.15, -0.1) is 0 Å². The Balaban J connectivity index is 1.86. The smallest absolute Gasteiger partial charge is 0.416 e. The van der Waals surface area contributed by atoms with Crippen LogP contribution in [0.4, 0.5) is 18.9 Å². The Hall–Kier alpha value is -4.28. The molecule has 37 heavy (non-hydrogen) atoms. The summed E-state index contributed by atoms with van der Waals surface area (Å²) in [6.45, 7) is 2.18. The maximum absolute atomic E-state index is 13.0. The minimum absolute atomic E-state index is 0.101. The van der Waals surface area contributed by atoms with Crippen LogP contribution < -0.4 is 14.8 Å². The van der Waals surface area contributed by atoms with Gasteiger partial charge < -0.3 is 14.8 Å². The zero-order valence-corrected chi connectivity index (χ0v) is 21.0. The molecule has 0 unspecified atom stereocenters. The van der Waals surface area contributed by atoms with E-state index in [0.717, 1.165) is 18.2 Å². The first-order valence-corrected chi connectivity index (χ1v) is 11.6. The number of benzene rings is 3. The molecule has 3 rings (SSSR count). The molecule has 1 amide bonds. The van der Waals surface area contributed by atoms with Crippen LogP contribution in [0.2, 0.25) is 0 Å². The molecular formula is C27H19BrF3N3O3. The molecular weight excluding hydrogens is 551 g/mol. The number of alkyl halides is 3. The highest BCUT2D eigenvalue weighted by Crippen LogP contribution is 2.36. The van der Waals surface area contributed by atoms with Gasteiger partial charge in [-0.1, -0.05) is 40.2 Å². The molecule has 0 aliphatic carbocycles. The maximum Gasteiger partial charge on any atom is 0.416 e. The number of nitrogens with one attached hydrogen (secondary N) is 1.